The largest absolute Gasteiger partial charge is 0.481 e. The van der Waals surface area contributed by atoms with Crippen LogP contribution < -0.4 is 0 Å². The Morgan fingerprint density at radius 3 is 3.22 bits per heavy atom. The topological polar surface area (TPSA) is 53.7 Å². The number of hydrogen-bond acceptors (Lipinski definition) is 4. The van der Waals surface area contributed by atoms with E-state index < -0.39 is 5.97 Å². The zero-order chi connectivity index (χ0) is 13.0. The summed E-state index contributed by atoms with van der Waals surface area (Å²) in [7, 11) is 0. The summed E-state index contributed by atoms with van der Waals surface area (Å²) in [6, 6.07) is 4.33. The van der Waals surface area contributed by atoms with Crippen molar-refractivity contribution >= 4 is 17.7 Å². The molecule has 0 bridgehead atoms. The second-order valence-electron chi connectivity index (χ2n) is 4.70. The first-order chi connectivity index (χ1) is 8.66. The molecular weight excluding hydrogens is 250 g/mol. The number of carboxylic acids is 1. The molecule has 1 fully saturated rings. The van der Waals surface area contributed by atoms with Crippen LogP contribution in [0, 0.1) is 0 Å². The van der Waals surface area contributed by atoms with Gasteiger partial charge in [-0.15, -0.1) is 0 Å². The lowest BCUT2D eigenvalue weighted by Crippen LogP contribution is -2.49. The van der Waals surface area contributed by atoms with Crippen LogP contribution in [-0.4, -0.2) is 46.1 Å². The molecule has 1 aliphatic heterocycles. The highest BCUT2D eigenvalue weighted by Crippen LogP contribution is 2.23. The van der Waals surface area contributed by atoms with Gasteiger partial charge in [-0.3, -0.25) is 9.69 Å². The number of thioether (sulfide) groups is 1. The highest BCUT2D eigenvalue weighted by atomic mass is 32.2. The fourth-order valence-corrected chi connectivity index (χ4v) is 3.55. The standard InChI is InChI=1S/C13H19NO3S/c1-10(7-12-3-2-5-17-12)14-4-6-18-9-11(14)8-13(15)16/h2-3,5,10-11H,4,6-9H2,1H3,(H,15,16). The molecule has 2 unspecified atom stereocenters. The van der Waals surface area contributed by atoms with Crippen molar-refractivity contribution in [3.05, 3.63) is 24.2 Å². The van der Waals surface area contributed by atoms with Crippen molar-refractivity contribution in [2.24, 2.45) is 0 Å². The van der Waals surface area contributed by atoms with Gasteiger partial charge < -0.3 is 9.52 Å². The highest BCUT2D eigenvalue weighted by Gasteiger charge is 2.28. The summed E-state index contributed by atoms with van der Waals surface area (Å²) < 4.78 is 5.36. The van der Waals surface area contributed by atoms with E-state index in [0.29, 0.717) is 6.04 Å². The van der Waals surface area contributed by atoms with Gasteiger partial charge in [0.15, 0.2) is 0 Å². The zero-order valence-electron chi connectivity index (χ0n) is 10.5. The second kappa shape index (κ2) is 6.29. The van der Waals surface area contributed by atoms with E-state index in [2.05, 4.69) is 11.8 Å². The zero-order valence-corrected chi connectivity index (χ0v) is 11.4. The van der Waals surface area contributed by atoms with Gasteiger partial charge >= 0.3 is 5.97 Å². The van der Waals surface area contributed by atoms with Crippen molar-refractivity contribution in [1.82, 2.24) is 4.90 Å². The summed E-state index contributed by atoms with van der Waals surface area (Å²) in [5.74, 6) is 2.25. The SMILES string of the molecule is CC(Cc1ccco1)N1CCSCC1CC(=O)O. The summed E-state index contributed by atoms with van der Waals surface area (Å²) in [5, 5.41) is 8.97. The number of carbonyl (C=O) groups is 1. The van der Waals surface area contributed by atoms with Crippen LogP contribution in [0.5, 0.6) is 0 Å². The molecule has 1 aromatic heterocycles. The minimum absolute atomic E-state index is 0.145. The van der Waals surface area contributed by atoms with Crippen LogP contribution >= 0.6 is 11.8 Å². The smallest absolute Gasteiger partial charge is 0.304 e. The predicted molar refractivity (Wildman–Crippen MR) is 71.9 cm³/mol. The molecule has 0 spiro atoms. The second-order valence-corrected chi connectivity index (χ2v) is 5.85. The van der Waals surface area contributed by atoms with Crippen molar-refractivity contribution in [2.45, 2.75) is 31.8 Å². The van der Waals surface area contributed by atoms with Crippen LogP contribution in [0.3, 0.4) is 0 Å². The number of rotatable bonds is 5. The fraction of sp³-hybridized carbons (Fsp3) is 0.615. The van der Waals surface area contributed by atoms with Crippen molar-refractivity contribution in [1.29, 1.82) is 0 Å². The first kappa shape index (κ1) is 13.5. The Morgan fingerprint density at radius 1 is 1.72 bits per heavy atom. The maximum Gasteiger partial charge on any atom is 0.304 e. The van der Waals surface area contributed by atoms with Gasteiger partial charge in [-0.1, -0.05) is 0 Å². The molecule has 1 N–H and O–H groups in total. The number of nitrogens with zero attached hydrogens (tertiary/aromatic N) is 1. The van der Waals surface area contributed by atoms with Crippen LogP contribution in [0.4, 0.5) is 0 Å². The number of aliphatic carboxylic acids is 1. The average molecular weight is 269 g/mol. The Hall–Kier alpha value is -0.940. The summed E-state index contributed by atoms with van der Waals surface area (Å²) in [6.07, 6.45) is 2.76. The summed E-state index contributed by atoms with van der Waals surface area (Å²) in [5.41, 5.74) is 0. The van der Waals surface area contributed by atoms with Gasteiger partial charge in [0.25, 0.3) is 0 Å². The van der Waals surface area contributed by atoms with Gasteiger partial charge in [0.05, 0.1) is 12.7 Å². The third-order valence-corrected chi connectivity index (χ3v) is 4.42. The van der Waals surface area contributed by atoms with Crippen LogP contribution in [0.1, 0.15) is 19.1 Å². The lowest BCUT2D eigenvalue weighted by atomic mass is 10.1. The third-order valence-electron chi connectivity index (χ3n) is 3.33. The summed E-state index contributed by atoms with van der Waals surface area (Å²) in [4.78, 5) is 13.2. The lowest BCUT2D eigenvalue weighted by molar-refractivity contribution is -0.138. The molecule has 0 radical (unpaired) electrons. The molecule has 2 rings (SSSR count). The van der Waals surface area contributed by atoms with Gasteiger partial charge in [0.2, 0.25) is 0 Å². The number of furan rings is 1. The molecule has 100 valence electrons. The van der Waals surface area contributed by atoms with Crippen LogP contribution in [0.25, 0.3) is 0 Å². The molecule has 0 aliphatic carbocycles. The number of carboxylic acid groups (broad SMARTS) is 1. The van der Waals surface area contributed by atoms with Gasteiger partial charge in [0, 0.05) is 36.6 Å². The summed E-state index contributed by atoms with van der Waals surface area (Å²) in [6.45, 7) is 3.11. The van der Waals surface area contributed by atoms with E-state index in [9.17, 15) is 4.79 Å². The van der Waals surface area contributed by atoms with Crippen LogP contribution in [0.2, 0.25) is 0 Å². The van der Waals surface area contributed by atoms with Gasteiger partial charge in [-0.2, -0.15) is 11.8 Å². The normalized spacial score (nSPS) is 22.8. The Bertz CT molecular complexity index is 380. The predicted octanol–water partition coefficient (Wildman–Crippen LogP) is 2.10. The maximum atomic E-state index is 10.9. The lowest BCUT2D eigenvalue weighted by Gasteiger charge is -2.38. The Kier molecular flexibility index (Phi) is 4.72. The monoisotopic (exact) mass is 269 g/mol. The van der Waals surface area contributed by atoms with E-state index in [1.54, 1.807) is 6.26 Å². The van der Waals surface area contributed by atoms with E-state index in [-0.39, 0.29) is 12.5 Å². The molecule has 2 heterocycles. The van der Waals surface area contributed by atoms with Crippen molar-refractivity contribution in [2.75, 3.05) is 18.1 Å². The maximum absolute atomic E-state index is 10.9. The van der Waals surface area contributed by atoms with Crippen molar-refractivity contribution < 1.29 is 14.3 Å². The van der Waals surface area contributed by atoms with E-state index in [1.807, 2.05) is 23.9 Å². The molecule has 1 saturated heterocycles. The highest BCUT2D eigenvalue weighted by molar-refractivity contribution is 7.99. The van der Waals surface area contributed by atoms with Crippen LogP contribution in [0.15, 0.2) is 22.8 Å². The fourth-order valence-electron chi connectivity index (χ4n) is 2.46. The van der Waals surface area contributed by atoms with Gasteiger partial charge in [-0.25, -0.2) is 0 Å². The Morgan fingerprint density at radius 2 is 2.56 bits per heavy atom. The van der Waals surface area contributed by atoms with E-state index in [1.165, 1.54) is 0 Å². The molecule has 18 heavy (non-hydrogen) atoms. The van der Waals surface area contributed by atoms with Crippen molar-refractivity contribution in [3.8, 4) is 0 Å². The molecular formula is C13H19NO3S. The first-order valence-electron chi connectivity index (χ1n) is 6.24. The van der Waals surface area contributed by atoms with Crippen molar-refractivity contribution in [3.63, 3.8) is 0 Å². The molecule has 1 aliphatic rings. The Balaban J connectivity index is 1.96. The molecule has 5 heteroatoms. The van der Waals surface area contributed by atoms with E-state index in [4.69, 9.17) is 9.52 Å². The average Bonchev–Trinajstić information content (AvgIpc) is 2.81. The number of hydrogen-bond donors (Lipinski definition) is 1. The minimum atomic E-state index is -0.710. The Labute approximate surface area is 111 Å². The third kappa shape index (κ3) is 3.53. The molecule has 1 aromatic rings. The van der Waals surface area contributed by atoms with Crippen LogP contribution in [-0.2, 0) is 11.2 Å². The van der Waals surface area contributed by atoms with E-state index in [0.717, 1.165) is 30.2 Å². The molecule has 0 amide bonds. The molecule has 2 atom stereocenters. The quantitative estimate of drug-likeness (QED) is 0.887. The van der Waals surface area contributed by atoms with Gasteiger partial charge in [-0.05, 0) is 19.1 Å². The first-order valence-corrected chi connectivity index (χ1v) is 7.40. The molecule has 0 saturated carbocycles. The molecule has 4 nitrogen and oxygen atoms in total. The van der Waals surface area contributed by atoms with E-state index >= 15 is 0 Å². The van der Waals surface area contributed by atoms with Gasteiger partial charge in [0.1, 0.15) is 5.76 Å². The minimum Gasteiger partial charge on any atom is -0.481 e. The molecule has 0 aromatic carbocycles. The summed E-state index contributed by atoms with van der Waals surface area (Å²) >= 11 is 1.85.